The van der Waals surface area contributed by atoms with Crippen LogP contribution >= 0.6 is 0 Å². The Morgan fingerprint density at radius 2 is 1.75 bits per heavy atom. The molecule has 3 N–H and O–H groups in total. The molecule has 1 saturated heterocycles. The van der Waals surface area contributed by atoms with Crippen molar-refractivity contribution in [2.75, 3.05) is 31.3 Å². The highest BCUT2D eigenvalue weighted by molar-refractivity contribution is 6.44. The molecule has 0 unspecified atom stereocenters. The number of imide groups is 2. The van der Waals surface area contributed by atoms with Crippen LogP contribution in [0.1, 0.15) is 5.82 Å². The lowest BCUT2D eigenvalue weighted by Crippen LogP contribution is -2.35. The Balaban J connectivity index is 1.77. The zero-order valence-electron chi connectivity index (χ0n) is 14.8. The van der Waals surface area contributed by atoms with Crippen LogP contribution in [0.3, 0.4) is 0 Å². The summed E-state index contributed by atoms with van der Waals surface area (Å²) in [5.41, 5.74) is 6.15. The number of nitrogen functional groups attached to an aromatic ring is 1. The van der Waals surface area contributed by atoms with Gasteiger partial charge in [-0.3, -0.25) is 14.5 Å². The van der Waals surface area contributed by atoms with E-state index in [2.05, 4.69) is 20.3 Å². The van der Waals surface area contributed by atoms with Crippen molar-refractivity contribution in [3.8, 4) is 0 Å². The molecule has 0 bridgehead atoms. The van der Waals surface area contributed by atoms with E-state index in [1.807, 2.05) is 0 Å². The molecule has 0 atom stereocenters. The fraction of sp³-hybridized carbons (Fsp3) is 0.250. The molecule has 12 heteroatoms. The molecule has 0 saturated carbocycles. The second-order valence-corrected chi connectivity index (χ2v) is 5.69. The minimum atomic E-state index is -0.992. The smallest absolute Gasteiger partial charge is 0.334 e. The fourth-order valence-corrected chi connectivity index (χ4v) is 2.44. The Morgan fingerprint density at radius 3 is 2.43 bits per heavy atom. The SMILES string of the molecule is COCCN1C(=O)C(=O)N(Cc2nc(N)nc(Nc3ccc(F)cc3)n2)C1=O. The van der Waals surface area contributed by atoms with Gasteiger partial charge in [0.2, 0.25) is 11.9 Å². The number of hydrogen-bond donors (Lipinski definition) is 2. The van der Waals surface area contributed by atoms with E-state index in [-0.39, 0.29) is 37.4 Å². The van der Waals surface area contributed by atoms with Crippen molar-refractivity contribution in [1.29, 1.82) is 0 Å². The van der Waals surface area contributed by atoms with Gasteiger partial charge in [-0.15, -0.1) is 0 Å². The summed E-state index contributed by atoms with van der Waals surface area (Å²) < 4.78 is 17.8. The lowest BCUT2D eigenvalue weighted by atomic mass is 10.3. The molecular weight excluding hydrogens is 373 g/mol. The summed E-state index contributed by atoms with van der Waals surface area (Å²) in [5.74, 6) is -2.47. The van der Waals surface area contributed by atoms with Crippen LogP contribution in [0, 0.1) is 5.82 Å². The zero-order valence-corrected chi connectivity index (χ0v) is 14.8. The normalized spacial score (nSPS) is 14.1. The van der Waals surface area contributed by atoms with Crippen molar-refractivity contribution in [1.82, 2.24) is 24.8 Å². The number of carbonyl (C=O) groups excluding carboxylic acids is 3. The predicted molar refractivity (Wildman–Crippen MR) is 93.5 cm³/mol. The van der Waals surface area contributed by atoms with E-state index < -0.39 is 23.7 Å². The molecule has 146 valence electrons. The molecule has 3 rings (SSSR count). The van der Waals surface area contributed by atoms with Crippen LogP contribution in [-0.4, -0.2) is 62.9 Å². The monoisotopic (exact) mass is 389 g/mol. The summed E-state index contributed by atoms with van der Waals surface area (Å²) >= 11 is 0. The van der Waals surface area contributed by atoms with E-state index >= 15 is 0 Å². The van der Waals surface area contributed by atoms with E-state index in [4.69, 9.17) is 10.5 Å². The van der Waals surface area contributed by atoms with Gasteiger partial charge in [-0.2, -0.15) is 15.0 Å². The Labute approximate surface area is 158 Å². The number of benzene rings is 1. The maximum Gasteiger partial charge on any atom is 0.334 e. The lowest BCUT2D eigenvalue weighted by Gasteiger charge is -2.15. The zero-order chi connectivity index (χ0) is 20.3. The van der Waals surface area contributed by atoms with Gasteiger partial charge in [-0.25, -0.2) is 14.1 Å². The topological polar surface area (TPSA) is 144 Å². The van der Waals surface area contributed by atoms with Crippen LogP contribution in [0.4, 0.5) is 26.8 Å². The summed E-state index contributed by atoms with van der Waals surface area (Å²) in [6.45, 7) is -0.312. The average Bonchev–Trinajstić information content (AvgIpc) is 2.85. The molecular formula is C16H16FN7O4. The van der Waals surface area contributed by atoms with E-state index in [9.17, 15) is 18.8 Å². The van der Waals surface area contributed by atoms with Crippen molar-refractivity contribution < 1.29 is 23.5 Å². The summed E-state index contributed by atoms with van der Waals surface area (Å²) in [6, 6.07) is 4.63. The molecule has 1 aromatic heterocycles. The van der Waals surface area contributed by atoms with Gasteiger partial charge < -0.3 is 15.8 Å². The summed E-state index contributed by atoms with van der Waals surface area (Å²) in [7, 11) is 1.41. The Morgan fingerprint density at radius 1 is 1.07 bits per heavy atom. The van der Waals surface area contributed by atoms with E-state index in [1.54, 1.807) is 0 Å². The second-order valence-electron chi connectivity index (χ2n) is 5.69. The molecule has 1 aliphatic rings. The largest absolute Gasteiger partial charge is 0.383 e. The quantitative estimate of drug-likeness (QED) is 0.504. The van der Waals surface area contributed by atoms with E-state index in [0.29, 0.717) is 10.6 Å². The molecule has 1 aliphatic heterocycles. The number of urea groups is 1. The number of rotatable bonds is 7. The number of hydrogen-bond acceptors (Lipinski definition) is 9. The van der Waals surface area contributed by atoms with Gasteiger partial charge in [0.05, 0.1) is 19.7 Å². The predicted octanol–water partition coefficient (Wildman–Crippen LogP) is 0.274. The van der Waals surface area contributed by atoms with E-state index in [1.165, 1.54) is 31.4 Å². The maximum atomic E-state index is 13.0. The number of nitrogens with one attached hydrogen (secondary N) is 1. The molecule has 0 radical (unpaired) electrons. The number of amides is 4. The Hall–Kier alpha value is -3.67. The van der Waals surface area contributed by atoms with Gasteiger partial charge in [-0.1, -0.05) is 0 Å². The first-order valence-corrected chi connectivity index (χ1v) is 8.08. The van der Waals surface area contributed by atoms with Crippen LogP contribution < -0.4 is 11.1 Å². The van der Waals surface area contributed by atoms with Crippen molar-refractivity contribution in [2.45, 2.75) is 6.54 Å². The summed E-state index contributed by atoms with van der Waals surface area (Å²) in [5, 5.41) is 2.81. The van der Waals surface area contributed by atoms with Crippen molar-refractivity contribution >= 4 is 35.4 Å². The Kier molecular flexibility index (Phi) is 5.40. The van der Waals surface area contributed by atoms with Gasteiger partial charge >= 0.3 is 17.8 Å². The number of aromatic nitrogens is 3. The van der Waals surface area contributed by atoms with Crippen LogP contribution in [0.5, 0.6) is 0 Å². The van der Waals surface area contributed by atoms with Crippen molar-refractivity contribution in [3.63, 3.8) is 0 Å². The number of anilines is 3. The first-order valence-electron chi connectivity index (χ1n) is 8.08. The molecule has 1 fully saturated rings. The van der Waals surface area contributed by atoms with Crippen LogP contribution in [0.2, 0.25) is 0 Å². The third-order valence-electron chi connectivity index (χ3n) is 3.75. The van der Waals surface area contributed by atoms with Gasteiger partial charge in [0.1, 0.15) is 5.82 Å². The minimum absolute atomic E-state index is 0.000188. The highest BCUT2D eigenvalue weighted by Gasteiger charge is 2.44. The lowest BCUT2D eigenvalue weighted by molar-refractivity contribution is -0.143. The minimum Gasteiger partial charge on any atom is -0.383 e. The molecule has 0 aliphatic carbocycles. The standard InChI is InChI=1S/C16H16FN7O4/c1-28-7-6-23-12(25)13(26)24(16(23)27)8-11-20-14(18)22-15(21-11)19-10-4-2-9(17)3-5-10/h2-5H,6-8H2,1H3,(H3,18,19,20,21,22). The number of halogens is 1. The first kappa shape index (κ1) is 19.1. The van der Waals surface area contributed by atoms with Gasteiger partial charge in [0, 0.05) is 12.8 Å². The number of nitrogens with zero attached hydrogens (tertiary/aromatic N) is 5. The molecule has 4 amide bonds. The number of ether oxygens (including phenoxy) is 1. The highest BCUT2D eigenvalue weighted by Crippen LogP contribution is 2.17. The van der Waals surface area contributed by atoms with Gasteiger partial charge in [-0.05, 0) is 24.3 Å². The van der Waals surface area contributed by atoms with Crippen LogP contribution in [-0.2, 0) is 20.9 Å². The first-order chi connectivity index (χ1) is 13.4. The van der Waals surface area contributed by atoms with E-state index in [0.717, 1.165) is 4.90 Å². The van der Waals surface area contributed by atoms with Gasteiger partial charge in [0.15, 0.2) is 5.82 Å². The average molecular weight is 389 g/mol. The fourth-order valence-electron chi connectivity index (χ4n) is 2.44. The van der Waals surface area contributed by atoms with Crippen LogP contribution in [0.25, 0.3) is 0 Å². The second kappa shape index (κ2) is 7.92. The molecule has 0 spiro atoms. The van der Waals surface area contributed by atoms with Crippen molar-refractivity contribution in [2.24, 2.45) is 0 Å². The highest BCUT2D eigenvalue weighted by atomic mass is 19.1. The summed E-state index contributed by atoms with van der Waals surface area (Å²) in [6.07, 6.45) is 0. The molecule has 2 aromatic rings. The molecule has 28 heavy (non-hydrogen) atoms. The molecule has 2 heterocycles. The summed E-state index contributed by atoms with van der Waals surface area (Å²) in [4.78, 5) is 49.8. The maximum absolute atomic E-state index is 13.0. The van der Waals surface area contributed by atoms with Crippen LogP contribution in [0.15, 0.2) is 24.3 Å². The number of methoxy groups -OCH3 is 1. The third kappa shape index (κ3) is 4.01. The van der Waals surface area contributed by atoms with Gasteiger partial charge in [0.25, 0.3) is 0 Å². The third-order valence-corrected chi connectivity index (χ3v) is 3.75. The molecule has 11 nitrogen and oxygen atoms in total. The number of nitrogens with two attached hydrogens (primary N) is 1. The Bertz CT molecular complexity index is 922. The molecule has 1 aromatic carbocycles. The number of carbonyl (C=O) groups is 3. The van der Waals surface area contributed by atoms with Crippen molar-refractivity contribution in [3.05, 3.63) is 35.9 Å².